The zero-order chi connectivity index (χ0) is 10.0. The molecule has 1 nitrogen and oxygen atoms in total. The fraction of sp³-hybridized carbons (Fsp3) is 0.222. The number of benzene rings is 1. The molecule has 1 rings (SSSR count). The van der Waals surface area contributed by atoms with Crippen LogP contribution >= 0.6 is 43.5 Å². The lowest BCUT2D eigenvalue weighted by molar-refractivity contribution is 0.102. The molecule has 0 aliphatic carbocycles. The largest absolute Gasteiger partial charge is 0.293 e. The highest BCUT2D eigenvalue weighted by Crippen LogP contribution is 2.25. The minimum atomic E-state index is 0.000556. The Morgan fingerprint density at radius 2 is 2.15 bits per heavy atom. The van der Waals surface area contributed by atoms with E-state index in [1.54, 1.807) is 12.1 Å². The van der Waals surface area contributed by atoms with Crippen LogP contribution in [0.15, 0.2) is 16.6 Å². The smallest absolute Gasteiger partial charge is 0.174 e. The number of rotatable bonds is 2. The third kappa shape index (κ3) is 2.55. The molecule has 1 aromatic rings. The van der Waals surface area contributed by atoms with Crippen molar-refractivity contribution in [1.29, 1.82) is 0 Å². The summed E-state index contributed by atoms with van der Waals surface area (Å²) in [6, 6.07) is 3.53. The van der Waals surface area contributed by atoms with Crippen LogP contribution in [0.25, 0.3) is 0 Å². The monoisotopic (exact) mass is 324 g/mol. The van der Waals surface area contributed by atoms with E-state index in [0.29, 0.717) is 15.9 Å². The molecule has 0 N–H and O–H groups in total. The van der Waals surface area contributed by atoms with Gasteiger partial charge >= 0.3 is 0 Å². The van der Waals surface area contributed by atoms with Gasteiger partial charge in [0.1, 0.15) is 0 Å². The predicted octanol–water partition coefficient (Wildman–Crippen LogP) is 3.99. The molecule has 4 heteroatoms. The number of hydrogen-bond acceptors (Lipinski definition) is 1. The Labute approximate surface area is 98.7 Å². The Morgan fingerprint density at radius 1 is 1.54 bits per heavy atom. The Hall–Kier alpha value is 0.140. The highest BCUT2D eigenvalue weighted by Gasteiger charge is 2.10. The molecule has 0 spiro atoms. The van der Waals surface area contributed by atoms with Crippen molar-refractivity contribution in [2.45, 2.75) is 6.92 Å². The van der Waals surface area contributed by atoms with E-state index >= 15 is 0 Å². The molecular weight excluding hydrogens is 319 g/mol. The zero-order valence-corrected chi connectivity index (χ0v) is 10.8. The number of halogens is 3. The van der Waals surface area contributed by atoms with Gasteiger partial charge in [-0.1, -0.05) is 43.5 Å². The van der Waals surface area contributed by atoms with Gasteiger partial charge in [-0.3, -0.25) is 4.79 Å². The maximum Gasteiger partial charge on any atom is 0.174 e. The summed E-state index contributed by atoms with van der Waals surface area (Å²) in [4.78, 5) is 11.4. The molecule has 0 radical (unpaired) electrons. The summed E-state index contributed by atoms with van der Waals surface area (Å²) in [5.41, 5.74) is 1.58. The molecule has 0 aromatic heterocycles. The van der Waals surface area contributed by atoms with E-state index < -0.39 is 0 Å². The summed E-state index contributed by atoms with van der Waals surface area (Å²) < 4.78 is 0.920. The molecule has 0 saturated carbocycles. The lowest BCUT2D eigenvalue weighted by Gasteiger charge is -2.04. The van der Waals surface area contributed by atoms with E-state index in [1.165, 1.54) is 0 Å². The van der Waals surface area contributed by atoms with Crippen molar-refractivity contribution in [3.05, 3.63) is 32.8 Å². The van der Waals surface area contributed by atoms with Crippen LogP contribution in [-0.4, -0.2) is 11.1 Å². The summed E-state index contributed by atoms with van der Waals surface area (Å²) >= 11 is 12.4. The van der Waals surface area contributed by atoms with E-state index in [4.69, 9.17) is 11.6 Å². The normalized spacial score (nSPS) is 10.2. The Bertz CT molecular complexity index is 350. The van der Waals surface area contributed by atoms with E-state index in [1.807, 2.05) is 6.92 Å². The second-order valence-corrected chi connectivity index (χ2v) is 4.46. The standard InChI is InChI=1S/C9H7Br2ClO/c1-5-2-6(9(13)4-10)8(12)3-7(5)11/h2-3H,4H2,1H3. The maximum atomic E-state index is 11.4. The highest BCUT2D eigenvalue weighted by molar-refractivity contribution is 9.10. The first-order chi connectivity index (χ1) is 6.06. The van der Waals surface area contributed by atoms with Gasteiger partial charge in [0.15, 0.2) is 5.78 Å². The molecule has 0 aliphatic heterocycles. The fourth-order valence-corrected chi connectivity index (χ4v) is 1.99. The van der Waals surface area contributed by atoms with Crippen LogP contribution in [0, 0.1) is 6.92 Å². The van der Waals surface area contributed by atoms with E-state index in [2.05, 4.69) is 31.9 Å². The Kier molecular flexibility index (Phi) is 3.95. The van der Waals surface area contributed by atoms with Crippen molar-refractivity contribution in [2.75, 3.05) is 5.33 Å². The minimum absolute atomic E-state index is 0.000556. The first-order valence-electron chi connectivity index (χ1n) is 3.61. The molecule has 13 heavy (non-hydrogen) atoms. The van der Waals surface area contributed by atoms with Crippen molar-refractivity contribution in [3.8, 4) is 0 Å². The fourth-order valence-electron chi connectivity index (χ4n) is 0.943. The van der Waals surface area contributed by atoms with Crippen molar-refractivity contribution in [3.63, 3.8) is 0 Å². The molecule has 70 valence electrons. The van der Waals surface area contributed by atoms with E-state index in [-0.39, 0.29) is 5.78 Å². The van der Waals surface area contributed by atoms with Gasteiger partial charge in [0.2, 0.25) is 0 Å². The molecule has 0 atom stereocenters. The van der Waals surface area contributed by atoms with Crippen LogP contribution < -0.4 is 0 Å². The third-order valence-corrected chi connectivity index (χ3v) is 3.35. The second kappa shape index (κ2) is 4.58. The summed E-state index contributed by atoms with van der Waals surface area (Å²) in [6.07, 6.45) is 0. The molecule has 0 saturated heterocycles. The number of alkyl halides is 1. The van der Waals surface area contributed by atoms with Gasteiger partial charge in [0.25, 0.3) is 0 Å². The van der Waals surface area contributed by atoms with Crippen LogP contribution in [0.2, 0.25) is 5.02 Å². The topological polar surface area (TPSA) is 17.1 Å². The zero-order valence-electron chi connectivity index (χ0n) is 6.90. The summed E-state index contributed by atoms with van der Waals surface area (Å²) in [5, 5.41) is 0.787. The molecule has 0 unspecified atom stereocenters. The lowest BCUT2D eigenvalue weighted by atomic mass is 10.1. The number of hydrogen-bond donors (Lipinski definition) is 0. The van der Waals surface area contributed by atoms with Crippen LogP contribution in [-0.2, 0) is 0 Å². The third-order valence-electron chi connectivity index (χ3n) is 1.67. The Morgan fingerprint density at radius 3 is 2.69 bits per heavy atom. The summed E-state index contributed by atoms with van der Waals surface area (Å²) in [6.45, 7) is 1.92. The summed E-state index contributed by atoms with van der Waals surface area (Å²) in [5.74, 6) is 0.000556. The van der Waals surface area contributed by atoms with Crippen LogP contribution in [0.1, 0.15) is 15.9 Å². The summed E-state index contributed by atoms with van der Waals surface area (Å²) in [7, 11) is 0. The highest BCUT2D eigenvalue weighted by atomic mass is 79.9. The van der Waals surface area contributed by atoms with Gasteiger partial charge in [-0.2, -0.15) is 0 Å². The molecule has 0 heterocycles. The first-order valence-corrected chi connectivity index (χ1v) is 5.90. The van der Waals surface area contributed by atoms with Gasteiger partial charge in [0, 0.05) is 10.0 Å². The number of Topliss-reactive ketones (excluding diaryl/α,β-unsaturated/α-hetero) is 1. The quantitative estimate of drug-likeness (QED) is 0.593. The molecule has 0 bridgehead atoms. The molecule has 0 amide bonds. The molecule has 0 aliphatic rings. The van der Waals surface area contributed by atoms with E-state index in [0.717, 1.165) is 10.0 Å². The molecular formula is C9H7Br2ClO. The van der Waals surface area contributed by atoms with Crippen LogP contribution in [0.3, 0.4) is 0 Å². The van der Waals surface area contributed by atoms with Crippen LogP contribution in [0.4, 0.5) is 0 Å². The number of carbonyl (C=O) groups is 1. The van der Waals surface area contributed by atoms with Gasteiger partial charge in [-0.05, 0) is 24.6 Å². The maximum absolute atomic E-state index is 11.4. The number of aryl methyl sites for hydroxylation is 1. The minimum Gasteiger partial charge on any atom is -0.293 e. The number of ketones is 1. The number of carbonyl (C=O) groups excluding carboxylic acids is 1. The predicted molar refractivity (Wildman–Crippen MR) is 62.0 cm³/mol. The van der Waals surface area contributed by atoms with Crippen molar-refractivity contribution in [2.24, 2.45) is 0 Å². The van der Waals surface area contributed by atoms with Crippen molar-refractivity contribution >= 4 is 49.2 Å². The molecule has 1 aromatic carbocycles. The average molecular weight is 326 g/mol. The SMILES string of the molecule is Cc1cc(C(=O)CBr)c(Cl)cc1Br. The van der Waals surface area contributed by atoms with Crippen molar-refractivity contribution in [1.82, 2.24) is 0 Å². The van der Waals surface area contributed by atoms with E-state index in [9.17, 15) is 4.79 Å². The molecule has 0 fully saturated rings. The van der Waals surface area contributed by atoms with Gasteiger partial charge < -0.3 is 0 Å². The second-order valence-electron chi connectivity index (χ2n) is 2.64. The lowest BCUT2D eigenvalue weighted by Crippen LogP contribution is -2.01. The van der Waals surface area contributed by atoms with Crippen LogP contribution in [0.5, 0.6) is 0 Å². The first kappa shape index (κ1) is 11.2. The average Bonchev–Trinajstić information content (AvgIpc) is 2.10. The van der Waals surface area contributed by atoms with Gasteiger partial charge in [-0.15, -0.1) is 0 Å². The van der Waals surface area contributed by atoms with Gasteiger partial charge in [0.05, 0.1) is 10.4 Å². The van der Waals surface area contributed by atoms with Gasteiger partial charge in [-0.25, -0.2) is 0 Å². The Balaban J connectivity index is 3.23. The van der Waals surface area contributed by atoms with Crippen molar-refractivity contribution < 1.29 is 4.79 Å².